The number of thiocarbonyl (C=S) groups is 1. The fourth-order valence-electron chi connectivity index (χ4n) is 1.96. The van der Waals surface area contributed by atoms with Gasteiger partial charge in [-0.2, -0.15) is 5.26 Å². The number of amides is 1. The van der Waals surface area contributed by atoms with Gasteiger partial charge in [0.25, 0.3) is 5.91 Å². The Balaban J connectivity index is 1.87. The molecular formula is C17H13Br2N3O2S. The number of ether oxygens (including phenoxy) is 1. The molecule has 0 aromatic heterocycles. The van der Waals surface area contributed by atoms with E-state index >= 15 is 0 Å². The molecule has 5 nitrogen and oxygen atoms in total. The molecule has 8 heteroatoms. The third kappa shape index (κ3) is 5.81. The molecular weight excluding hydrogens is 470 g/mol. The second-order valence-electron chi connectivity index (χ2n) is 5.01. The molecule has 0 aliphatic heterocycles. The number of nitrogens with one attached hydrogen (secondary N) is 2. The van der Waals surface area contributed by atoms with Crippen molar-refractivity contribution in [3.63, 3.8) is 0 Å². The molecule has 0 bridgehead atoms. The van der Waals surface area contributed by atoms with Crippen molar-refractivity contribution in [1.29, 1.82) is 5.26 Å². The molecule has 1 amide bonds. The van der Waals surface area contributed by atoms with Crippen molar-refractivity contribution < 1.29 is 9.53 Å². The van der Waals surface area contributed by atoms with Crippen LogP contribution in [0, 0.1) is 18.3 Å². The van der Waals surface area contributed by atoms with Crippen LogP contribution >= 0.6 is 44.1 Å². The highest BCUT2D eigenvalue weighted by Gasteiger charge is 2.11. The summed E-state index contributed by atoms with van der Waals surface area (Å²) in [6.45, 7) is 1.72. The third-order valence-electron chi connectivity index (χ3n) is 3.07. The Hall–Kier alpha value is -1.95. The Kier molecular flexibility index (Phi) is 6.93. The molecule has 2 N–H and O–H groups in total. The van der Waals surface area contributed by atoms with Crippen molar-refractivity contribution in [3.8, 4) is 11.8 Å². The lowest BCUT2D eigenvalue weighted by atomic mass is 10.2. The van der Waals surface area contributed by atoms with Crippen LogP contribution in [-0.4, -0.2) is 17.6 Å². The van der Waals surface area contributed by atoms with E-state index < -0.39 is 0 Å². The fraction of sp³-hybridized carbons (Fsp3) is 0.118. The molecule has 0 saturated heterocycles. The number of rotatable bonds is 4. The Morgan fingerprint density at radius 2 is 1.96 bits per heavy atom. The first-order chi connectivity index (χ1) is 11.9. The van der Waals surface area contributed by atoms with Crippen LogP contribution < -0.4 is 15.4 Å². The molecule has 0 radical (unpaired) electrons. The molecule has 128 valence electrons. The highest BCUT2D eigenvalue weighted by atomic mass is 79.9. The first kappa shape index (κ1) is 19.4. The number of carbonyl (C=O) groups is 1. The maximum atomic E-state index is 12.0. The molecule has 0 heterocycles. The number of carbonyl (C=O) groups excluding carboxylic acids is 1. The predicted octanol–water partition coefficient (Wildman–Crippen LogP) is 4.28. The molecule has 2 aromatic carbocycles. The zero-order valence-electron chi connectivity index (χ0n) is 13.1. The normalized spacial score (nSPS) is 9.84. The SMILES string of the molecule is Cc1cc(Br)cc(Br)c1OCC(=O)NC(=S)Nc1ccc(C#N)cc1. The van der Waals surface area contributed by atoms with Gasteiger partial charge in [-0.3, -0.25) is 10.1 Å². The fourth-order valence-corrected chi connectivity index (χ4v) is 3.75. The molecule has 0 aliphatic carbocycles. The summed E-state index contributed by atoms with van der Waals surface area (Å²) >= 11 is 11.9. The van der Waals surface area contributed by atoms with E-state index in [2.05, 4.69) is 42.5 Å². The van der Waals surface area contributed by atoms with E-state index in [1.807, 2.05) is 25.1 Å². The molecule has 0 saturated carbocycles. The molecule has 0 aliphatic rings. The number of anilines is 1. The maximum absolute atomic E-state index is 12.0. The Morgan fingerprint density at radius 1 is 1.28 bits per heavy atom. The van der Waals surface area contributed by atoms with Crippen LogP contribution in [-0.2, 0) is 4.79 Å². The van der Waals surface area contributed by atoms with Crippen LogP contribution in [0.1, 0.15) is 11.1 Å². The van der Waals surface area contributed by atoms with Gasteiger partial charge in [-0.25, -0.2) is 0 Å². The number of nitrogens with zero attached hydrogens (tertiary/aromatic N) is 1. The van der Waals surface area contributed by atoms with Crippen molar-refractivity contribution in [2.45, 2.75) is 6.92 Å². The molecule has 2 aromatic rings. The number of hydrogen-bond acceptors (Lipinski definition) is 4. The second kappa shape index (κ2) is 8.94. The van der Waals surface area contributed by atoms with Crippen molar-refractivity contribution in [1.82, 2.24) is 5.32 Å². The topological polar surface area (TPSA) is 74.2 Å². The van der Waals surface area contributed by atoms with Gasteiger partial charge in [0.05, 0.1) is 16.1 Å². The summed E-state index contributed by atoms with van der Waals surface area (Å²) in [5.74, 6) is 0.227. The number of aryl methyl sites for hydroxylation is 1. The van der Waals surface area contributed by atoms with Crippen LogP contribution in [0.4, 0.5) is 5.69 Å². The maximum Gasteiger partial charge on any atom is 0.264 e. The highest BCUT2D eigenvalue weighted by Crippen LogP contribution is 2.32. The minimum absolute atomic E-state index is 0.157. The standard InChI is InChI=1S/C17H13Br2N3O2S/c1-10-6-12(18)7-14(19)16(10)24-9-15(23)22-17(25)21-13-4-2-11(8-20)3-5-13/h2-7H,9H2,1H3,(H2,21,22,23,25). The van der Waals surface area contributed by atoms with Crippen molar-refractivity contribution in [2.24, 2.45) is 0 Å². The predicted molar refractivity (Wildman–Crippen MR) is 108 cm³/mol. The molecule has 0 unspecified atom stereocenters. The van der Waals surface area contributed by atoms with Crippen molar-refractivity contribution >= 4 is 60.8 Å². The second-order valence-corrected chi connectivity index (χ2v) is 7.19. The molecule has 0 atom stereocenters. The lowest BCUT2D eigenvalue weighted by Crippen LogP contribution is -2.37. The van der Waals surface area contributed by atoms with Gasteiger partial charge in [-0.1, -0.05) is 15.9 Å². The summed E-state index contributed by atoms with van der Waals surface area (Å²) in [5.41, 5.74) is 2.12. The first-order valence-corrected chi connectivity index (χ1v) is 9.08. The lowest BCUT2D eigenvalue weighted by Gasteiger charge is -2.13. The Bertz CT molecular complexity index is 825. The summed E-state index contributed by atoms with van der Waals surface area (Å²) in [5, 5.41) is 14.3. The van der Waals surface area contributed by atoms with Gasteiger partial charge in [0, 0.05) is 10.2 Å². The number of hydrogen-bond donors (Lipinski definition) is 2. The van der Waals surface area contributed by atoms with Crippen LogP contribution in [0.3, 0.4) is 0 Å². The van der Waals surface area contributed by atoms with Gasteiger partial charge in [0.2, 0.25) is 0 Å². The van der Waals surface area contributed by atoms with E-state index in [-0.39, 0.29) is 17.6 Å². The van der Waals surface area contributed by atoms with E-state index in [1.54, 1.807) is 24.3 Å². The number of benzene rings is 2. The lowest BCUT2D eigenvalue weighted by molar-refractivity contribution is -0.121. The summed E-state index contributed by atoms with van der Waals surface area (Å²) in [4.78, 5) is 12.0. The Morgan fingerprint density at radius 3 is 2.56 bits per heavy atom. The highest BCUT2D eigenvalue weighted by molar-refractivity contribution is 9.11. The average Bonchev–Trinajstić information content (AvgIpc) is 2.54. The smallest absolute Gasteiger partial charge is 0.264 e. The summed E-state index contributed by atoms with van der Waals surface area (Å²) < 4.78 is 7.24. The molecule has 25 heavy (non-hydrogen) atoms. The van der Waals surface area contributed by atoms with E-state index in [0.29, 0.717) is 17.0 Å². The summed E-state index contributed by atoms with van der Waals surface area (Å²) in [6.07, 6.45) is 0. The van der Waals surface area contributed by atoms with Crippen molar-refractivity contribution in [3.05, 3.63) is 56.5 Å². The monoisotopic (exact) mass is 481 g/mol. The molecule has 2 rings (SSSR count). The van der Waals surface area contributed by atoms with Gasteiger partial charge >= 0.3 is 0 Å². The Labute approximate surface area is 167 Å². The zero-order chi connectivity index (χ0) is 18.4. The minimum atomic E-state index is -0.375. The van der Waals surface area contributed by atoms with E-state index in [4.69, 9.17) is 22.2 Å². The zero-order valence-corrected chi connectivity index (χ0v) is 17.1. The van der Waals surface area contributed by atoms with E-state index in [0.717, 1.165) is 14.5 Å². The van der Waals surface area contributed by atoms with Crippen LogP contribution in [0.5, 0.6) is 5.75 Å². The molecule has 0 fully saturated rings. The van der Waals surface area contributed by atoms with E-state index in [1.165, 1.54) is 0 Å². The number of nitriles is 1. The van der Waals surface area contributed by atoms with Gasteiger partial charge in [-0.15, -0.1) is 0 Å². The molecule has 0 spiro atoms. The van der Waals surface area contributed by atoms with E-state index in [9.17, 15) is 4.79 Å². The minimum Gasteiger partial charge on any atom is -0.482 e. The number of halogens is 2. The van der Waals surface area contributed by atoms with Gasteiger partial charge in [0.15, 0.2) is 11.7 Å². The van der Waals surface area contributed by atoms with Crippen LogP contribution in [0.25, 0.3) is 0 Å². The summed E-state index contributed by atoms with van der Waals surface area (Å²) in [7, 11) is 0. The van der Waals surface area contributed by atoms with Gasteiger partial charge in [0.1, 0.15) is 5.75 Å². The summed E-state index contributed by atoms with van der Waals surface area (Å²) in [6, 6.07) is 12.5. The first-order valence-electron chi connectivity index (χ1n) is 7.08. The van der Waals surface area contributed by atoms with Gasteiger partial charge in [-0.05, 0) is 77.0 Å². The van der Waals surface area contributed by atoms with Crippen LogP contribution in [0.15, 0.2) is 45.3 Å². The third-order valence-corrected chi connectivity index (χ3v) is 4.32. The van der Waals surface area contributed by atoms with Crippen LogP contribution in [0.2, 0.25) is 0 Å². The average molecular weight is 483 g/mol. The quantitative estimate of drug-likeness (QED) is 0.636. The van der Waals surface area contributed by atoms with Gasteiger partial charge < -0.3 is 10.1 Å². The van der Waals surface area contributed by atoms with Crippen molar-refractivity contribution in [2.75, 3.05) is 11.9 Å². The largest absolute Gasteiger partial charge is 0.482 e.